The fourth-order valence-corrected chi connectivity index (χ4v) is 4.96. The number of nitrogens with zero attached hydrogens (tertiary/aromatic N) is 3. The third kappa shape index (κ3) is 5.43. The molecular formula is C29H35N5O3. The number of hydrogen-bond acceptors (Lipinski definition) is 6. The maximum absolute atomic E-state index is 12.9. The fourth-order valence-electron chi connectivity index (χ4n) is 4.96. The van der Waals surface area contributed by atoms with Gasteiger partial charge in [0.2, 0.25) is 5.91 Å². The third-order valence-electron chi connectivity index (χ3n) is 7.48. The lowest BCUT2D eigenvalue weighted by Crippen LogP contribution is -2.29. The molecule has 194 valence electrons. The molecule has 0 saturated heterocycles. The zero-order valence-corrected chi connectivity index (χ0v) is 22.2. The fraction of sp³-hybridized carbons (Fsp3) is 0.483. The molecule has 2 amide bonds. The Morgan fingerprint density at radius 1 is 1.08 bits per heavy atom. The SMILES string of the molecule is CC(C)(C)c1noc(C(=O)NC2CCCCc3cc(-c4ccnc(NC(=O)[C@@H]5CC5(C)C)c4)ccc32)n1. The first-order valence-corrected chi connectivity index (χ1v) is 13.1. The van der Waals surface area contributed by atoms with Crippen LogP contribution in [0.4, 0.5) is 5.82 Å². The Labute approximate surface area is 217 Å². The number of amides is 2. The Hall–Kier alpha value is -3.55. The number of aromatic nitrogens is 3. The van der Waals surface area contributed by atoms with Crippen LogP contribution in [0.15, 0.2) is 41.1 Å². The van der Waals surface area contributed by atoms with E-state index in [9.17, 15) is 9.59 Å². The van der Waals surface area contributed by atoms with Gasteiger partial charge in [-0.1, -0.05) is 64.4 Å². The summed E-state index contributed by atoms with van der Waals surface area (Å²) in [6.07, 6.45) is 6.48. The van der Waals surface area contributed by atoms with E-state index in [0.717, 1.165) is 48.8 Å². The van der Waals surface area contributed by atoms with Crippen molar-refractivity contribution < 1.29 is 14.1 Å². The van der Waals surface area contributed by atoms with Crippen molar-refractivity contribution in [1.82, 2.24) is 20.4 Å². The van der Waals surface area contributed by atoms with Gasteiger partial charge in [-0.3, -0.25) is 9.59 Å². The van der Waals surface area contributed by atoms with Crippen LogP contribution in [-0.4, -0.2) is 26.9 Å². The quantitative estimate of drug-likeness (QED) is 0.440. The van der Waals surface area contributed by atoms with Crippen LogP contribution in [0, 0.1) is 11.3 Å². The predicted octanol–water partition coefficient (Wildman–Crippen LogP) is 5.61. The molecule has 8 heteroatoms. The maximum Gasteiger partial charge on any atom is 0.315 e. The molecule has 0 bridgehead atoms. The first-order valence-electron chi connectivity index (χ1n) is 13.1. The smallest absolute Gasteiger partial charge is 0.315 e. The molecule has 2 aliphatic carbocycles. The average Bonchev–Trinajstić information content (AvgIpc) is 3.28. The third-order valence-corrected chi connectivity index (χ3v) is 7.48. The largest absolute Gasteiger partial charge is 0.341 e. The molecule has 1 unspecified atom stereocenters. The topological polar surface area (TPSA) is 110 Å². The van der Waals surface area contributed by atoms with Crippen LogP contribution in [0.2, 0.25) is 0 Å². The Kier molecular flexibility index (Phi) is 6.38. The number of carbonyl (C=O) groups excluding carboxylic acids is 2. The predicted molar refractivity (Wildman–Crippen MR) is 141 cm³/mol. The summed E-state index contributed by atoms with van der Waals surface area (Å²) in [5.74, 6) is 0.805. The molecule has 2 atom stereocenters. The Bertz CT molecular complexity index is 1340. The van der Waals surface area contributed by atoms with E-state index >= 15 is 0 Å². The molecule has 0 spiro atoms. The number of benzene rings is 1. The minimum absolute atomic E-state index is 0.00621. The molecule has 2 heterocycles. The van der Waals surface area contributed by atoms with Gasteiger partial charge in [0.15, 0.2) is 5.82 Å². The molecule has 1 fully saturated rings. The van der Waals surface area contributed by atoms with Gasteiger partial charge in [-0.05, 0) is 65.5 Å². The van der Waals surface area contributed by atoms with E-state index in [-0.39, 0.29) is 40.5 Å². The van der Waals surface area contributed by atoms with Gasteiger partial charge in [0.05, 0.1) is 6.04 Å². The molecule has 0 aliphatic heterocycles. The summed E-state index contributed by atoms with van der Waals surface area (Å²) < 4.78 is 5.25. The van der Waals surface area contributed by atoms with Crippen molar-refractivity contribution in [2.24, 2.45) is 11.3 Å². The maximum atomic E-state index is 12.9. The number of nitrogens with one attached hydrogen (secondary N) is 2. The number of rotatable bonds is 5. The molecule has 8 nitrogen and oxygen atoms in total. The lowest BCUT2D eigenvalue weighted by atomic mass is 9.94. The van der Waals surface area contributed by atoms with Crippen molar-refractivity contribution in [3.05, 3.63) is 59.4 Å². The molecule has 2 aliphatic rings. The van der Waals surface area contributed by atoms with Crippen molar-refractivity contribution in [3.8, 4) is 11.1 Å². The highest BCUT2D eigenvalue weighted by Gasteiger charge is 2.50. The van der Waals surface area contributed by atoms with E-state index in [1.807, 2.05) is 32.9 Å². The highest BCUT2D eigenvalue weighted by atomic mass is 16.5. The Balaban J connectivity index is 1.34. The first kappa shape index (κ1) is 25.1. The standard InChI is InChI=1S/C29H35N5O3/c1-28(2,3)27-33-26(37-34-27)25(36)31-22-9-7-6-8-19-14-17(10-11-20(19)22)18-12-13-30-23(15-18)32-24(35)21-16-29(21,4)5/h10-15,21-22H,6-9,16H2,1-5H3,(H,31,36)(H,30,32,35)/t21-,22?/m0/s1. The highest BCUT2D eigenvalue weighted by molar-refractivity contribution is 5.94. The Morgan fingerprint density at radius 3 is 2.54 bits per heavy atom. The van der Waals surface area contributed by atoms with Gasteiger partial charge >= 0.3 is 11.8 Å². The molecule has 2 N–H and O–H groups in total. The summed E-state index contributed by atoms with van der Waals surface area (Å²) >= 11 is 0. The number of hydrogen-bond donors (Lipinski definition) is 2. The second kappa shape index (κ2) is 9.39. The zero-order valence-electron chi connectivity index (χ0n) is 22.2. The van der Waals surface area contributed by atoms with Crippen LogP contribution in [0.25, 0.3) is 11.1 Å². The summed E-state index contributed by atoms with van der Waals surface area (Å²) in [6.45, 7) is 10.2. The van der Waals surface area contributed by atoms with Crippen molar-refractivity contribution in [3.63, 3.8) is 0 Å². The number of carbonyl (C=O) groups is 2. The van der Waals surface area contributed by atoms with Crippen molar-refractivity contribution in [2.75, 3.05) is 5.32 Å². The molecule has 0 radical (unpaired) electrons. The minimum Gasteiger partial charge on any atom is -0.341 e. The van der Waals surface area contributed by atoms with Crippen LogP contribution in [0.1, 0.15) is 94.0 Å². The van der Waals surface area contributed by atoms with Gasteiger partial charge in [0, 0.05) is 17.5 Å². The average molecular weight is 502 g/mol. The van der Waals surface area contributed by atoms with Crippen molar-refractivity contribution >= 4 is 17.6 Å². The number of anilines is 1. The van der Waals surface area contributed by atoms with E-state index in [4.69, 9.17) is 4.52 Å². The van der Waals surface area contributed by atoms with Crippen molar-refractivity contribution in [2.45, 2.75) is 78.2 Å². The normalized spacial score (nSPS) is 20.5. The molecular weight excluding hydrogens is 466 g/mol. The van der Waals surface area contributed by atoms with Gasteiger partial charge in [0.1, 0.15) is 5.82 Å². The lowest BCUT2D eigenvalue weighted by molar-refractivity contribution is -0.118. The molecule has 5 rings (SSSR count). The molecule has 37 heavy (non-hydrogen) atoms. The lowest BCUT2D eigenvalue weighted by Gasteiger charge is -2.19. The van der Waals surface area contributed by atoms with Gasteiger partial charge in [-0.2, -0.15) is 4.98 Å². The van der Waals surface area contributed by atoms with Gasteiger partial charge in [-0.15, -0.1) is 0 Å². The van der Waals surface area contributed by atoms with Crippen LogP contribution < -0.4 is 10.6 Å². The van der Waals surface area contributed by atoms with Gasteiger partial charge < -0.3 is 15.2 Å². The Morgan fingerprint density at radius 2 is 1.84 bits per heavy atom. The van der Waals surface area contributed by atoms with E-state index in [1.165, 1.54) is 5.56 Å². The molecule has 1 aromatic carbocycles. The van der Waals surface area contributed by atoms with E-state index in [1.54, 1.807) is 6.20 Å². The van der Waals surface area contributed by atoms with Crippen LogP contribution >= 0.6 is 0 Å². The van der Waals surface area contributed by atoms with E-state index < -0.39 is 0 Å². The summed E-state index contributed by atoms with van der Waals surface area (Å²) in [5.41, 5.74) is 4.16. The summed E-state index contributed by atoms with van der Waals surface area (Å²) in [4.78, 5) is 34.1. The van der Waals surface area contributed by atoms with Crippen LogP contribution in [-0.2, 0) is 16.6 Å². The second-order valence-corrected chi connectivity index (χ2v) is 12.0. The summed E-state index contributed by atoms with van der Waals surface area (Å²) in [7, 11) is 0. The number of pyridine rings is 1. The monoisotopic (exact) mass is 501 g/mol. The molecule has 2 aromatic heterocycles. The highest BCUT2D eigenvalue weighted by Crippen LogP contribution is 2.52. The zero-order chi connectivity index (χ0) is 26.4. The van der Waals surface area contributed by atoms with E-state index in [2.05, 4.69) is 57.8 Å². The first-order chi connectivity index (χ1) is 17.5. The summed E-state index contributed by atoms with van der Waals surface area (Å²) in [6, 6.07) is 10.1. The molecule has 1 saturated carbocycles. The van der Waals surface area contributed by atoms with Crippen LogP contribution in [0.3, 0.4) is 0 Å². The number of fused-ring (bicyclic) bond motifs is 1. The van der Waals surface area contributed by atoms with Crippen molar-refractivity contribution in [1.29, 1.82) is 0 Å². The van der Waals surface area contributed by atoms with Gasteiger partial charge in [0.25, 0.3) is 0 Å². The van der Waals surface area contributed by atoms with Gasteiger partial charge in [-0.25, -0.2) is 4.98 Å². The van der Waals surface area contributed by atoms with Crippen LogP contribution in [0.5, 0.6) is 0 Å². The second-order valence-electron chi connectivity index (χ2n) is 12.0. The van der Waals surface area contributed by atoms with E-state index in [0.29, 0.717) is 11.6 Å². The minimum atomic E-state index is -0.349. The molecule has 3 aromatic rings. The summed E-state index contributed by atoms with van der Waals surface area (Å²) in [5, 5.41) is 10.1. The number of aryl methyl sites for hydroxylation is 1.